The van der Waals surface area contributed by atoms with Crippen molar-refractivity contribution >= 4 is 33.1 Å². The molecule has 0 unspecified atom stereocenters. The summed E-state index contributed by atoms with van der Waals surface area (Å²) in [7, 11) is -3.48. The molecule has 0 saturated carbocycles. The lowest BCUT2D eigenvalue weighted by Crippen LogP contribution is -2.35. The Bertz CT molecular complexity index is 876. The number of halogens is 1. The number of sulfonamides is 1. The number of para-hydroxylation sites is 1. The number of nitrogens with one attached hydrogen (secondary N) is 1. The lowest BCUT2D eigenvalue weighted by molar-refractivity contribution is 0.101. The Hall–Kier alpha value is -1.89. The van der Waals surface area contributed by atoms with Crippen LogP contribution in [0.25, 0.3) is 0 Å². The average molecular weight is 393 g/mol. The molecule has 0 amide bonds. The van der Waals surface area contributed by atoms with E-state index in [1.54, 1.807) is 24.3 Å². The Morgan fingerprint density at radius 3 is 2.31 bits per heavy atom. The van der Waals surface area contributed by atoms with E-state index in [1.807, 2.05) is 12.1 Å². The predicted molar refractivity (Wildman–Crippen MR) is 103 cm³/mol. The minimum Gasteiger partial charge on any atom is -0.376 e. The average Bonchev–Trinajstić information content (AvgIpc) is 2.68. The van der Waals surface area contributed by atoms with Crippen molar-refractivity contribution in [1.29, 1.82) is 0 Å². The highest BCUT2D eigenvalue weighted by Gasteiger charge is 2.25. The first-order chi connectivity index (χ1) is 12.5. The molecule has 3 rings (SSSR count). The molecule has 1 heterocycles. The first-order valence-electron chi connectivity index (χ1n) is 8.60. The van der Waals surface area contributed by atoms with Crippen LogP contribution in [-0.2, 0) is 10.0 Å². The monoisotopic (exact) mass is 392 g/mol. The number of Topliss-reactive ketones (excluding diaryl/α,β-unsaturated/α-hetero) is 1. The highest BCUT2D eigenvalue weighted by Crippen LogP contribution is 2.22. The van der Waals surface area contributed by atoms with E-state index in [1.165, 1.54) is 16.4 Å². The van der Waals surface area contributed by atoms with Crippen LogP contribution in [0.3, 0.4) is 0 Å². The molecule has 0 bridgehead atoms. The van der Waals surface area contributed by atoms with Crippen molar-refractivity contribution in [3.05, 3.63) is 59.1 Å². The lowest BCUT2D eigenvalue weighted by atomic mass is 10.1. The van der Waals surface area contributed by atoms with Gasteiger partial charge in [-0.2, -0.15) is 4.31 Å². The summed E-state index contributed by atoms with van der Waals surface area (Å²) in [6, 6.07) is 13.3. The van der Waals surface area contributed by atoms with E-state index >= 15 is 0 Å². The molecule has 5 nitrogen and oxygen atoms in total. The molecule has 0 spiro atoms. The topological polar surface area (TPSA) is 66.5 Å². The number of ketones is 1. The van der Waals surface area contributed by atoms with Crippen molar-refractivity contribution in [2.75, 3.05) is 25.0 Å². The van der Waals surface area contributed by atoms with E-state index in [0.717, 1.165) is 19.3 Å². The van der Waals surface area contributed by atoms with Gasteiger partial charge in [-0.25, -0.2) is 8.42 Å². The van der Waals surface area contributed by atoms with Gasteiger partial charge in [-0.3, -0.25) is 4.79 Å². The third kappa shape index (κ3) is 4.26. The summed E-state index contributed by atoms with van der Waals surface area (Å²) in [5.74, 6) is -0.133. The molecule has 2 aromatic rings. The Balaban J connectivity index is 1.67. The zero-order chi connectivity index (χ0) is 18.6. The van der Waals surface area contributed by atoms with Crippen LogP contribution in [-0.4, -0.2) is 38.1 Å². The second kappa shape index (κ2) is 8.20. The van der Waals surface area contributed by atoms with Crippen molar-refractivity contribution in [1.82, 2.24) is 4.31 Å². The molecule has 0 aromatic heterocycles. The molecule has 7 heteroatoms. The molecule has 0 atom stereocenters. The smallest absolute Gasteiger partial charge is 0.243 e. The number of carbonyl (C=O) groups is 1. The van der Waals surface area contributed by atoms with Crippen LogP contribution in [0.4, 0.5) is 5.69 Å². The number of piperidine rings is 1. The van der Waals surface area contributed by atoms with Crippen LogP contribution in [0.1, 0.15) is 29.6 Å². The first kappa shape index (κ1) is 18.9. The highest BCUT2D eigenvalue weighted by molar-refractivity contribution is 7.89. The standard InChI is InChI=1S/C19H21ClN2O3S/c20-17-6-2-3-7-18(17)21-14-19(23)15-8-10-16(11-9-15)26(24,25)22-12-4-1-5-13-22/h2-3,6-11,21H,1,4-5,12-14H2. The molecular formula is C19H21ClN2O3S. The lowest BCUT2D eigenvalue weighted by Gasteiger charge is -2.25. The van der Waals surface area contributed by atoms with Crippen LogP contribution < -0.4 is 5.32 Å². The van der Waals surface area contributed by atoms with Crippen LogP contribution in [0.15, 0.2) is 53.4 Å². The molecule has 1 aliphatic rings. The van der Waals surface area contributed by atoms with Gasteiger partial charge in [0, 0.05) is 18.7 Å². The Kier molecular flexibility index (Phi) is 5.96. The summed E-state index contributed by atoms with van der Waals surface area (Å²) in [6.07, 6.45) is 2.85. The Morgan fingerprint density at radius 1 is 1.00 bits per heavy atom. The maximum absolute atomic E-state index is 12.6. The third-order valence-electron chi connectivity index (χ3n) is 4.44. The predicted octanol–water partition coefficient (Wildman–Crippen LogP) is 3.81. The summed E-state index contributed by atoms with van der Waals surface area (Å²) in [5, 5.41) is 3.54. The van der Waals surface area contributed by atoms with E-state index < -0.39 is 10.0 Å². The van der Waals surface area contributed by atoms with Gasteiger partial charge < -0.3 is 5.32 Å². The van der Waals surface area contributed by atoms with Crippen molar-refractivity contribution in [3.8, 4) is 0 Å². The molecular weight excluding hydrogens is 372 g/mol. The van der Waals surface area contributed by atoms with E-state index in [4.69, 9.17) is 11.6 Å². The van der Waals surface area contributed by atoms with Gasteiger partial charge in [0.25, 0.3) is 0 Å². The van der Waals surface area contributed by atoms with Gasteiger partial charge >= 0.3 is 0 Å². The quantitative estimate of drug-likeness (QED) is 0.759. The van der Waals surface area contributed by atoms with Crippen LogP contribution in [0.2, 0.25) is 5.02 Å². The number of nitrogens with zero attached hydrogens (tertiary/aromatic N) is 1. The van der Waals surface area contributed by atoms with Gasteiger partial charge in [-0.15, -0.1) is 0 Å². The second-order valence-corrected chi connectivity index (χ2v) is 8.59. The van der Waals surface area contributed by atoms with E-state index in [0.29, 0.717) is 29.4 Å². The van der Waals surface area contributed by atoms with E-state index in [9.17, 15) is 13.2 Å². The summed E-state index contributed by atoms with van der Waals surface area (Å²) in [6.45, 7) is 1.21. The van der Waals surface area contributed by atoms with Gasteiger partial charge in [0.2, 0.25) is 10.0 Å². The van der Waals surface area contributed by atoms with Gasteiger partial charge in [0.05, 0.1) is 22.2 Å². The maximum Gasteiger partial charge on any atom is 0.243 e. The van der Waals surface area contributed by atoms with Crippen LogP contribution in [0, 0.1) is 0 Å². The van der Waals surface area contributed by atoms with Crippen LogP contribution in [0.5, 0.6) is 0 Å². The summed E-state index contributed by atoms with van der Waals surface area (Å²) >= 11 is 6.05. The molecule has 2 aromatic carbocycles. The number of benzene rings is 2. The van der Waals surface area contributed by atoms with Crippen molar-refractivity contribution in [2.24, 2.45) is 0 Å². The molecule has 0 aliphatic carbocycles. The second-order valence-electron chi connectivity index (χ2n) is 6.25. The molecule has 1 aliphatic heterocycles. The summed E-state index contributed by atoms with van der Waals surface area (Å²) in [4.78, 5) is 12.6. The molecule has 138 valence electrons. The largest absolute Gasteiger partial charge is 0.376 e. The summed E-state index contributed by atoms with van der Waals surface area (Å²) < 4.78 is 26.8. The van der Waals surface area contributed by atoms with E-state index in [2.05, 4.69) is 5.32 Å². The third-order valence-corrected chi connectivity index (χ3v) is 6.68. The number of carbonyl (C=O) groups excluding carboxylic acids is 1. The first-order valence-corrected chi connectivity index (χ1v) is 10.4. The van der Waals surface area contributed by atoms with Crippen molar-refractivity contribution in [2.45, 2.75) is 24.2 Å². The maximum atomic E-state index is 12.6. The summed E-state index contributed by atoms with van der Waals surface area (Å²) in [5.41, 5.74) is 1.15. The Morgan fingerprint density at radius 2 is 1.65 bits per heavy atom. The fourth-order valence-corrected chi connectivity index (χ4v) is 4.67. The number of rotatable bonds is 6. The molecule has 1 saturated heterocycles. The van der Waals surface area contributed by atoms with Crippen LogP contribution >= 0.6 is 11.6 Å². The molecule has 26 heavy (non-hydrogen) atoms. The highest BCUT2D eigenvalue weighted by atomic mass is 35.5. The van der Waals surface area contributed by atoms with Gasteiger partial charge in [-0.1, -0.05) is 30.2 Å². The fraction of sp³-hybridized carbons (Fsp3) is 0.316. The zero-order valence-corrected chi connectivity index (χ0v) is 15.9. The number of anilines is 1. The van der Waals surface area contributed by atoms with Crippen molar-refractivity contribution in [3.63, 3.8) is 0 Å². The van der Waals surface area contributed by atoms with Gasteiger partial charge in [-0.05, 0) is 49.2 Å². The Labute approximate surface area is 159 Å². The van der Waals surface area contributed by atoms with Gasteiger partial charge in [0.15, 0.2) is 5.78 Å². The van der Waals surface area contributed by atoms with Gasteiger partial charge in [0.1, 0.15) is 0 Å². The fourth-order valence-electron chi connectivity index (χ4n) is 2.95. The zero-order valence-electron chi connectivity index (χ0n) is 14.3. The number of hydrogen-bond acceptors (Lipinski definition) is 4. The number of hydrogen-bond donors (Lipinski definition) is 1. The van der Waals surface area contributed by atoms with Crippen molar-refractivity contribution < 1.29 is 13.2 Å². The van der Waals surface area contributed by atoms with E-state index in [-0.39, 0.29) is 17.2 Å². The molecule has 1 fully saturated rings. The normalized spacial score (nSPS) is 15.6. The molecule has 1 N–H and O–H groups in total. The molecule has 0 radical (unpaired) electrons. The minimum absolute atomic E-state index is 0.0853. The SMILES string of the molecule is O=C(CNc1ccccc1Cl)c1ccc(S(=O)(=O)N2CCCCC2)cc1. The minimum atomic E-state index is -3.48.